The second-order valence-electron chi connectivity index (χ2n) is 5.01. The summed E-state index contributed by atoms with van der Waals surface area (Å²) in [6.45, 7) is 4.41. The third-order valence-corrected chi connectivity index (χ3v) is 2.95. The van der Waals surface area contributed by atoms with Gasteiger partial charge in [-0.15, -0.1) is 10.2 Å². The minimum Gasteiger partial charge on any atom is -0.484 e. The molecule has 2 rings (SSSR count). The van der Waals surface area contributed by atoms with Crippen LogP contribution < -0.4 is 10.5 Å². The van der Waals surface area contributed by atoms with Crippen LogP contribution in [0.2, 0.25) is 5.02 Å². The molecular formula is C14H18ClN3O2. The first-order valence-electron chi connectivity index (χ1n) is 6.51. The van der Waals surface area contributed by atoms with Crippen LogP contribution in [0.25, 0.3) is 0 Å². The average molecular weight is 296 g/mol. The van der Waals surface area contributed by atoms with E-state index in [2.05, 4.69) is 24.0 Å². The summed E-state index contributed by atoms with van der Waals surface area (Å²) in [5.41, 5.74) is 5.98. The SMILES string of the molecule is CC(C)CC(N)c1nnc(COc2ccc(Cl)cc2)o1. The van der Waals surface area contributed by atoms with Crippen molar-refractivity contribution in [3.8, 4) is 5.75 Å². The molecule has 0 aliphatic rings. The zero-order valence-electron chi connectivity index (χ0n) is 11.5. The molecule has 1 atom stereocenters. The van der Waals surface area contributed by atoms with Crippen molar-refractivity contribution in [1.29, 1.82) is 0 Å². The van der Waals surface area contributed by atoms with Crippen molar-refractivity contribution in [3.05, 3.63) is 41.1 Å². The summed E-state index contributed by atoms with van der Waals surface area (Å²) in [6.07, 6.45) is 0.805. The molecule has 0 saturated heterocycles. The highest BCUT2D eigenvalue weighted by atomic mass is 35.5. The fourth-order valence-electron chi connectivity index (χ4n) is 1.76. The quantitative estimate of drug-likeness (QED) is 0.884. The van der Waals surface area contributed by atoms with Gasteiger partial charge in [0.05, 0.1) is 6.04 Å². The standard InChI is InChI=1S/C14H18ClN3O2/c1-9(2)7-12(16)14-18-17-13(20-14)8-19-11-5-3-10(15)4-6-11/h3-6,9,12H,7-8,16H2,1-2H3. The second-order valence-corrected chi connectivity index (χ2v) is 5.45. The van der Waals surface area contributed by atoms with Gasteiger partial charge in [-0.3, -0.25) is 0 Å². The van der Waals surface area contributed by atoms with E-state index in [0.717, 1.165) is 6.42 Å². The van der Waals surface area contributed by atoms with Crippen molar-refractivity contribution in [3.63, 3.8) is 0 Å². The molecule has 0 aliphatic heterocycles. The van der Waals surface area contributed by atoms with E-state index in [4.69, 9.17) is 26.5 Å². The molecule has 108 valence electrons. The van der Waals surface area contributed by atoms with Gasteiger partial charge in [0, 0.05) is 5.02 Å². The van der Waals surface area contributed by atoms with E-state index in [9.17, 15) is 0 Å². The van der Waals surface area contributed by atoms with Gasteiger partial charge in [-0.05, 0) is 36.6 Å². The van der Waals surface area contributed by atoms with Gasteiger partial charge >= 0.3 is 0 Å². The maximum absolute atomic E-state index is 5.98. The molecule has 20 heavy (non-hydrogen) atoms. The summed E-state index contributed by atoms with van der Waals surface area (Å²) >= 11 is 5.80. The van der Waals surface area contributed by atoms with Crippen LogP contribution in [-0.2, 0) is 6.61 Å². The molecule has 0 radical (unpaired) electrons. The highest BCUT2D eigenvalue weighted by Crippen LogP contribution is 2.19. The topological polar surface area (TPSA) is 74.2 Å². The number of aromatic nitrogens is 2. The zero-order valence-corrected chi connectivity index (χ0v) is 12.3. The van der Waals surface area contributed by atoms with Gasteiger partial charge < -0.3 is 14.9 Å². The van der Waals surface area contributed by atoms with Gasteiger partial charge in [-0.2, -0.15) is 0 Å². The fourth-order valence-corrected chi connectivity index (χ4v) is 1.89. The first-order valence-corrected chi connectivity index (χ1v) is 6.88. The van der Waals surface area contributed by atoms with E-state index in [1.165, 1.54) is 0 Å². The summed E-state index contributed by atoms with van der Waals surface area (Å²) in [6, 6.07) is 6.85. The molecule has 6 heteroatoms. The Hall–Kier alpha value is -1.59. The summed E-state index contributed by atoms with van der Waals surface area (Å²) in [4.78, 5) is 0. The molecule has 0 amide bonds. The number of benzene rings is 1. The Morgan fingerprint density at radius 1 is 1.25 bits per heavy atom. The molecule has 0 bridgehead atoms. The van der Waals surface area contributed by atoms with E-state index < -0.39 is 0 Å². The van der Waals surface area contributed by atoms with Gasteiger partial charge in [-0.25, -0.2) is 0 Å². The van der Waals surface area contributed by atoms with E-state index in [1.807, 2.05) is 0 Å². The average Bonchev–Trinajstić information content (AvgIpc) is 2.86. The van der Waals surface area contributed by atoms with Crippen LogP contribution in [0, 0.1) is 5.92 Å². The van der Waals surface area contributed by atoms with Crippen LogP contribution in [0.3, 0.4) is 0 Å². The van der Waals surface area contributed by atoms with Crippen molar-refractivity contribution < 1.29 is 9.15 Å². The Bertz CT molecular complexity index is 540. The molecule has 0 spiro atoms. The Kier molecular flexibility index (Phi) is 4.98. The van der Waals surface area contributed by atoms with Gasteiger partial charge in [0.15, 0.2) is 6.61 Å². The van der Waals surface area contributed by atoms with E-state index in [0.29, 0.717) is 28.5 Å². The zero-order chi connectivity index (χ0) is 14.5. The molecular weight excluding hydrogens is 278 g/mol. The molecule has 0 saturated carbocycles. The number of hydrogen-bond donors (Lipinski definition) is 1. The maximum atomic E-state index is 5.98. The van der Waals surface area contributed by atoms with Crippen LogP contribution in [0.1, 0.15) is 38.1 Å². The maximum Gasteiger partial charge on any atom is 0.253 e. The normalized spacial score (nSPS) is 12.7. The predicted molar refractivity (Wildman–Crippen MR) is 76.5 cm³/mol. The lowest BCUT2D eigenvalue weighted by Crippen LogP contribution is -2.13. The van der Waals surface area contributed by atoms with E-state index in [1.54, 1.807) is 24.3 Å². The molecule has 0 fully saturated rings. The van der Waals surface area contributed by atoms with Gasteiger partial charge in [0.1, 0.15) is 5.75 Å². The monoisotopic (exact) mass is 295 g/mol. The summed E-state index contributed by atoms with van der Waals surface area (Å²) in [7, 11) is 0. The van der Waals surface area contributed by atoms with E-state index >= 15 is 0 Å². The van der Waals surface area contributed by atoms with Crippen molar-refractivity contribution in [2.75, 3.05) is 0 Å². The number of hydrogen-bond acceptors (Lipinski definition) is 5. The molecule has 2 aromatic rings. The third-order valence-electron chi connectivity index (χ3n) is 2.70. The minimum absolute atomic E-state index is 0.211. The Morgan fingerprint density at radius 2 is 1.95 bits per heavy atom. The first-order chi connectivity index (χ1) is 9.54. The number of rotatable bonds is 6. The third kappa shape index (κ3) is 4.21. The van der Waals surface area contributed by atoms with Crippen LogP contribution in [0.4, 0.5) is 0 Å². The molecule has 0 aliphatic carbocycles. The molecule has 2 N–H and O–H groups in total. The first kappa shape index (κ1) is 14.8. The van der Waals surface area contributed by atoms with Crippen LogP contribution in [-0.4, -0.2) is 10.2 Å². The van der Waals surface area contributed by atoms with Crippen LogP contribution >= 0.6 is 11.6 Å². The molecule has 1 aromatic carbocycles. The van der Waals surface area contributed by atoms with E-state index in [-0.39, 0.29) is 12.6 Å². The summed E-state index contributed by atoms with van der Waals surface area (Å²) in [5, 5.41) is 8.55. The molecule has 1 unspecified atom stereocenters. The van der Waals surface area contributed by atoms with Crippen molar-refractivity contribution in [2.45, 2.75) is 32.9 Å². The van der Waals surface area contributed by atoms with Gasteiger partial charge in [0.25, 0.3) is 5.89 Å². The second kappa shape index (κ2) is 6.72. The highest BCUT2D eigenvalue weighted by molar-refractivity contribution is 6.30. The number of nitrogens with two attached hydrogens (primary N) is 1. The number of halogens is 1. The fraction of sp³-hybridized carbons (Fsp3) is 0.429. The Balaban J connectivity index is 1.91. The number of ether oxygens (including phenoxy) is 1. The lowest BCUT2D eigenvalue weighted by molar-refractivity contribution is 0.254. The number of nitrogens with zero attached hydrogens (tertiary/aromatic N) is 2. The summed E-state index contributed by atoms with van der Waals surface area (Å²) in [5.74, 6) is 2.04. The van der Waals surface area contributed by atoms with Crippen LogP contribution in [0.5, 0.6) is 5.75 Å². The summed E-state index contributed by atoms with van der Waals surface area (Å²) < 4.78 is 11.0. The smallest absolute Gasteiger partial charge is 0.253 e. The lowest BCUT2D eigenvalue weighted by atomic mass is 10.1. The molecule has 1 heterocycles. The van der Waals surface area contributed by atoms with Crippen LogP contribution in [0.15, 0.2) is 28.7 Å². The van der Waals surface area contributed by atoms with Crippen molar-refractivity contribution in [1.82, 2.24) is 10.2 Å². The largest absolute Gasteiger partial charge is 0.484 e. The highest BCUT2D eigenvalue weighted by Gasteiger charge is 2.16. The van der Waals surface area contributed by atoms with Gasteiger partial charge in [-0.1, -0.05) is 25.4 Å². The van der Waals surface area contributed by atoms with Gasteiger partial charge in [0.2, 0.25) is 5.89 Å². The molecule has 1 aromatic heterocycles. The lowest BCUT2D eigenvalue weighted by Gasteiger charge is -2.09. The Morgan fingerprint density at radius 3 is 2.60 bits per heavy atom. The predicted octanol–water partition coefficient (Wildman–Crippen LogP) is 3.35. The van der Waals surface area contributed by atoms with Crippen molar-refractivity contribution >= 4 is 11.6 Å². The van der Waals surface area contributed by atoms with Crippen molar-refractivity contribution in [2.24, 2.45) is 11.7 Å². The molecule has 5 nitrogen and oxygen atoms in total. The minimum atomic E-state index is -0.230. The Labute approximate surface area is 123 Å².